The SMILES string of the molecule is O=C(O)Cc1ccccc1CN1C[C@@H]2CCCN[C@@H]2C1. The summed E-state index contributed by atoms with van der Waals surface area (Å²) in [4.78, 5) is 13.4. The third-order valence-corrected chi connectivity index (χ3v) is 4.53. The van der Waals surface area contributed by atoms with Crippen LogP contribution >= 0.6 is 0 Å². The van der Waals surface area contributed by atoms with Gasteiger partial charge in [-0.15, -0.1) is 0 Å². The highest BCUT2D eigenvalue weighted by Gasteiger charge is 2.34. The molecule has 0 amide bonds. The summed E-state index contributed by atoms with van der Waals surface area (Å²) < 4.78 is 0. The molecule has 0 aromatic heterocycles. The molecule has 0 unspecified atom stereocenters. The molecule has 1 aromatic rings. The van der Waals surface area contributed by atoms with Crippen molar-refractivity contribution in [2.75, 3.05) is 19.6 Å². The number of hydrogen-bond acceptors (Lipinski definition) is 3. The summed E-state index contributed by atoms with van der Waals surface area (Å²) in [5, 5.41) is 12.6. The lowest BCUT2D eigenvalue weighted by Gasteiger charge is -2.24. The Labute approximate surface area is 119 Å². The highest BCUT2D eigenvalue weighted by Crippen LogP contribution is 2.26. The van der Waals surface area contributed by atoms with Gasteiger partial charge in [0.05, 0.1) is 6.42 Å². The topological polar surface area (TPSA) is 52.6 Å². The molecule has 1 aromatic carbocycles. The molecule has 2 N–H and O–H groups in total. The van der Waals surface area contributed by atoms with Crippen molar-refractivity contribution in [3.63, 3.8) is 0 Å². The van der Waals surface area contributed by atoms with Crippen molar-refractivity contribution in [2.24, 2.45) is 5.92 Å². The third kappa shape index (κ3) is 3.02. The zero-order valence-electron chi connectivity index (χ0n) is 11.7. The molecule has 4 heteroatoms. The fraction of sp³-hybridized carbons (Fsp3) is 0.562. The molecule has 2 heterocycles. The fourth-order valence-electron chi connectivity index (χ4n) is 3.55. The minimum absolute atomic E-state index is 0.120. The third-order valence-electron chi connectivity index (χ3n) is 4.53. The van der Waals surface area contributed by atoms with Crippen LogP contribution in [0.1, 0.15) is 24.0 Å². The van der Waals surface area contributed by atoms with E-state index in [4.69, 9.17) is 5.11 Å². The average Bonchev–Trinajstić information content (AvgIpc) is 2.82. The zero-order valence-corrected chi connectivity index (χ0v) is 11.7. The number of piperidine rings is 1. The Morgan fingerprint density at radius 1 is 1.30 bits per heavy atom. The maximum absolute atomic E-state index is 10.9. The first-order valence-corrected chi connectivity index (χ1v) is 7.46. The van der Waals surface area contributed by atoms with E-state index in [1.807, 2.05) is 18.2 Å². The van der Waals surface area contributed by atoms with E-state index in [1.54, 1.807) is 0 Å². The molecule has 2 aliphatic rings. The first kappa shape index (κ1) is 13.6. The van der Waals surface area contributed by atoms with Crippen molar-refractivity contribution < 1.29 is 9.90 Å². The van der Waals surface area contributed by atoms with Crippen molar-refractivity contribution in [2.45, 2.75) is 31.8 Å². The molecule has 4 nitrogen and oxygen atoms in total. The molecule has 0 spiro atoms. The number of carboxylic acids is 1. The van der Waals surface area contributed by atoms with Gasteiger partial charge in [0.25, 0.3) is 0 Å². The second-order valence-corrected chi connectivity index (χ2v) is 6.00. The van der Waals surface area contributed by atoms with Gasteiger partial charge in [-0.2, -0.15) is 0 Å². The molecule has 2 atom stereocenters. The first-order valence-electron chi connectivity index (χ1n) is 7.46. The Kier molecular flexibility index (Phi) is 4.03. The number of carbonyl (C=O) groups is 1. The van der Waals surface area contributed by atoms with Crippen LogP contribution in [-0.4, -0.2) is 41.7 Å². The van der Waals surface area contributed by atoms with E-state index in [9.17, 15) is 4.79 Å². The standard InChI is InChI=1S/C16H22N2O2/c19-16(20)8-12-4-1-2-5-13(12)9-18-10-14-6-3-7-17-15(14)11-18/h1-2,4-5,14-15,17H,3,6-11H2,(H,19,20)/t14-,15+/m0/s1. The van der Waals surface area contributed by atoms with Gasteiger partial charge in [-0.1, -0.05) is 24.3 Å². The van der Waals surface area contributed by atoms with Gasteiger partial charge in [0.2, 0.25) is 0 Å². The van der Waals surface area contributed by atoms with Crippen LogP contribution in [0.5, 0.6) is 0 Å². The fourth-order valence-corrected chi connectivity index (χ4v) is 3.55. The van der Waals surface area contributed by atoms with Crippen molar-refractivity contribution in [3.05, 3.63) is 35.4 Å². The van der Waals surface area contributed by atoms with E-state index in [1.165, 1.54) is 12.8 Å². The van der Waals surface area contributed by atoms with Gasteiger partial charge in [-0.05, 0) is 36.4 Å². The highest BCUT2D eigenvalue weighted by atomic mass is 16.4. The van der Waals surface area contributed by atoms with Gasteiger partial charge >= 0.3 is 5.97 Å². The molecule has 0 radical (unpaired) electrons. The van der Waals surface area contributed by atoms with E-state index in [0.29, 0.717) is 6.04 Å². The maximum Gasteiger partial charge on any atom is 0.307 e. The van der Waals surface area contributed by atoms with Crippen LogP contribution in [0.3, 0.4) is 0 Å². The van der Waals surface area contributed by atoms with E-state index in [2.05, 4.69) is 16.3 Å². The summed E-state index contributed by atoms with van der Waals surface area (Å²) in [5.74, 6) is 0.0181. The van der Waals surface area contributed by atoms with Crippen LogP contribution in [0.15, 0.2) is 24.3 Å². The summed E-state index contributed by atoms with van der Waals surface area (Å²) in [5.41, 5.74) is 2.11. The first-order chi connectivity index (χ1) is 9.72. The van der Waals surface area contributed by atoms with E-state index in [0.717, 1.165) is 43.2 Å². The maximum atomic E-state index is 10.9. The number of benzene rings is 1. The number of rotatable bonds is 4. The molecule has 0 aliphatic carbocycles. The number of fused-ring (bicyclic) bond motifs is 1. The van der Waals surface area contributed by atoms with E-state index in [-0.39, 0.29) is 6.42 Å². The molecule has 2 saturated heterocycles. The molecular formula is C16H22N2O2. The molecule has 2 aliphatic heterocycles. The zero-order chi connectivity index (χ0) is 13.9. The summed E-state index contributed by atoms with van der Waals surface area (Å²) in [6.45, 7) is 4.24. The van der Waals surface area contributed by atoms with E-state index >= 15 is 0 Å². The summed E-state index contributed by atoms with van der Waals surface area (Å²) >= 11 is 0. The van der Waals surface area contributed by atoms with E-state index < -0.39 is 5.97 Å². The van der Waals surface area contributed by atoms with Crippen molar-refractivity contribution in [3.8, 4) is 0 Å². The van der Waals surface area contributed by atoms with Gasteiger partial charge < -0.3 is 10.4 Å². The molecule has 20 heavy (non-hydrogen) atoms. The van der Waals surface area contributed by atoms with Crippen LogP contribution in [0.2, 0.25) is 0 Å². The quantitative estimate of drug-likeness (QED) is 0.873. The van der Waals surface area contributed by atoms with Crippen LogP contribution in [-0.2, 0) is 17.8 Å². The van der Waals surface area contributed by atoms with Gasteiger partial charge in [-0.3, -0.25) is 9.69 Å². The second-order valence-electron chi connectivity index (χ2n) is 6.00. The average molecular weight is 274 g/mol. The molecule has 2 fully saturated rings. The normalized spacial score (nSPS) is 26.4. The van der Waals surface area contributed by atoms with Gasteiger partial charge in [0.15, 0.2) is 0 Å². The molecule has 3 rings (SSSR count). The number of carboxylic acid groups (broad SMARTS) is 1. The Hall–Kier alpha value is -1.39. The largest absolute Gasteiger partial charge is 0.481 e. The Morgan fingerprint density at radius 3 is 2.85 bits per heavy atom. The Balaban J connectivity index is 1.67. The number of hydrogen-bond donors (Lipinski definition) is 2. The van der Waals surface area contributed by atoms with Crippen LogP contribution in [0.25, 0.3) is 0 Å². The lowest BCUT2D eigenvalue weighted by molar-refractivity contribution is -0.136. The van der Waals surface area contributed by atoms with Gasteiger partial charge in [0, 0.05) is 25.7 Å². The molecule has 0 bridgehead atoms. The molecule has 108 valence electrons. The monoisotopic (exact) mass is 274 g/mol. The molecular weight excluding hydrogens is 252 g/mol. The van der Waals surface area contributed by atoms with Crippen LogP contribution < -0.4 is 5.32 Å². The minimum atomic E-state index is -0.755. The lowest BCUT2D eigenvalue weighted by Crippen LogP contribution is -2.40. The number of aliphatic carboxylic acids is 1. The second kappa shape index (κ2) is 5.94. The predicted molar refractivity (Wildman–Crippen MR) is 77.6 cm³/mol. The van der Waals surface area contributed by atoms with Crippen molar-refractivity contribution in [1.29, 1.82) is 0 Å². The van der Waals surface area contributed by atoms with Crippen LogP contribution in [0, 0.1) is 5.92 Å². The summed E-state index contributed by atoms with van der Waals surface area (Å²) in [7, 11) is 0. The summed E-state index contributed by atoms with van der Waals surface area (Å²) in [6, 6.07) is 8.56. The van der Waals surface area contributed by atoms with Crippen molar-refractivity contribution in [1.82, 2.24) is 10.2 Å². The highest BCUT2D eigenvalue weighted by molar-refractivity contribution is 5.70. The van der Waals surface area contributed by atoms with Crippen molar-refractivity contribution >= 4 is 5.97 Å². The van der Waals surface area contributed by atoms with Gasteiger partial charge in [-0.25, -0.2) is 0 Å². The number of likely N-dealkylation sites (tertiary alicyclic amines) is 1. The van der Waals surface area contributed by atoms with Gasteiger partial charge in [0.1, 0.15) is 0 Å². The van der Waals surface area contributed by atoms with Crippen LogP contribution in [0.4, 0.5) is 0 Å². The minimum Gasteiger partial charge on any atom is -0.481 e. The Morgan fingerprint density at radius 2 is 2.10 bits per heavy atom. The predicted octanol–water partition coefficient (Wildman–Crippen LogP) is 1.50. The number of nitrogens with one attached hydrogen (secondary N) is 1. The Bertz CT molecular complexity index is 475. The smallest absolute Gasteiger partial charge is 0.307 e. The lowest BCUT2D eigenvalue weighted by atomic mass is 9.94. The molecule has 0 saturated carbocycles. The number of nitrogens with zero attached hydrogens (tertiary/aromatic N) is 1. The summed E-state index contributed by atoms with van der Waals surface area (Å²) in [6.07, 6.45) is 2.73.